The predicted molar refractivity (Wildman–Crippen MR) is 129 cm³/mol. The van der Waals surface area contributed by atoms with Crippen LogP contribution in [0.15, 0.2) is 54.7 Å². The van der Waals surface area contributed by atoms with Gasteiger partial charge in [0.2, 0.25) is 0 Å². The summed E-state index contributed by atoms with van der Waals surface area (Å²) in [6.07, 6.45) is 1.48. The molecule has 0 atom stereocenters. The lowest BCUT2D eigenvalue weighted by Gasteiger charge is -2.36. The molecule has 2 heterocycles. The molecule has 190 valence electrons. The van der Waals surface area contributed by atoms with E-state index in [1.807, 2.05) is 26.0 Å². The maximum Gasteiger partial charge on any atom is 0.342 e. The van der Waals surface area contributed by atoms with Gasteiger partial charge < -0.3 is 14.4 Å². The number of carbonyl (C=O) groups excluding carboxylic acids is 1. The number of carbonyl (C=O) groups is 1. The Morgan fingerprint density at radius 2 is 1.67 bits per heavy atom. The predicted octanol–water partition coefficient (Wildman–Crippen LogP) is 4.97. The van der Waals surface area contributed by atoms with Crippen LogP contribution in [0.25, 0.3) is 0 Å². The Morgan fingerprint density at radius 1 is 0.972 bits per heavy atom. The molecular formula is C27H28F3N3O3. The highest BCUT2D eigenvalue weighted by atomic mass is 19.2. The van der Waals surface area contributed by atoms with Crippen LogP contribution in [0.5, 0.6) is 5.75 Å². The smallest absolute Gasteiger partial charge is 0.342 e. The standard InChI is InChI=1S/C27H28F3N3O3/c1-18(2)36-27(34)22-4-3-9-31-26(22)33-12-10-32(11-13-33)16-19-5-7-21(8-6-19)35-17-20-14-24(29)25(30)15-23(20)28/h3-9,14-15,18H,10-13,16-17H2,1-2H3. The zero-order chi connectivity index (χ0) is 25.7. The number of piperazine rings is 1. The molecule has 1 aromatic heterocycles. The minimum Gasteiger partial charge on any atom is -0.489 e. The van der Waals surface area contributed by atoms with Crippen molar-refractivity contribution in [1.29, 1.82) is 0 Å². The molecule has 0 radical (unpaired) electrons. The van der Waals surface area contributed by atoms with Crippen molar-refractivity contribution in [3.63, 3.8) is 0 Å². The van der Waals surface area contributed by atoms with Crippen molar-refractivity contribution in [2.24, 2.45) is 0 Å². The zero-order valence-corrected chi connectivity index (χ0v) is 20.2. The molecule has 1 fully saturated rings. The molecular weight excluding hydrogens is 471 g/mol. The molecule has 36 heavy (non-hydrogen) atoms. The van der Waals surface area contributed by atoms with Crippen LogP contribution in [-0.4, -0.2) is 48.1 Å². The highest BCUT2D eigenvalue weighted by Gasteiger charge is 2.23. The largest absolute Gasteiger partial charge is 0.489 e. The summed E-state index contributed by atoms with van der Waals surface area (Å²) in [7, 11) is 0. The van der Waals surface area contributed by atoms with E-state index >= 15 is 0 Å². The van der Waals surface area contributed by atoms with E-state index in [0.717, 1.165) is 44.4 Å². The van der Waals surface area contributed by atoms with Crippen LogP contribution in [0.4, 0.5) is 19.0 Å². The highest BCUT2D eigenvalue weighted by molar-refractivity contribution is 5.94. The number of pyridine rings is 1. The maximum atomic E-state index is 13.8. The quantitative estimate of drug-likeness (QED) is 0.323. The Bertz CT molecular complexity index is 1200. The van der Waals surface area contributed by atoms with Gasteiger partial charge in [0.05, 0.1) is 6.10 Å². The van der Waals surface area contributed by atoms with Gasteiger partial charge >= 0.3 is 5.97 Å². The molecule has 9 heteroatoms. The third kappa shape index (κ3) is 6.34. The number of hydrogen-bond donors (Lipinski definition) is 0. The minimum atomic E-state index is -1.23. The van der Waals surface area contributed by atoms with Crippen molar-refractivity contribution >= 4 is 11.8 Å². The van der Waals surface area contributed by atoms with Gasteiger partial charge in [-0.1, -0.05) is 12.1 Å². The SMILES string of the molecule is CC(C)OC(=O)c1cccnc1N1CCN(Cc2ccc(OCc3cc(F)c(F)cc3F)cc2)CC1. The number of hydrogen-bond acceptors (Lipinski definition) is 6. The number of aromatic nitrogens is 1. The van der Waals surface area contributed by atoms with E-state index in [1.165, 1.54) is 0 Å². The first-order valence-corrected chi connectivity index (χ1v) is 11.8. The van der Waals surface area contributed by atoms with Gasteiger partial charge in [-0.05, 0) is 49.7 Å². The summed E-state index contributed by atoms with van der Waals surface area (Å²) in [6.45, 7) is 7.20. The molecule has 0 amide bonds. The third-order valence-corrected chi connectivity index (χ3v) is 5.83. The first-order chi connectivity index (χ1) is 17.3. The lowest BCUT2D eigenvalue weighted by molar-refractivity contribution is 0.0378. The third-order valence-electron chi connectivity index (χ3n) is 5.83. The van der Waals surface area contributed by atoms with Crippen molar-refractivity contribution in [3.8, 4) is 5.75 Å². The van der Waals surface area contributed by atoms with E-state index in [2.05, 4.69) is 14.8 Å². The fourth-order valence-electron chi connectivity index (χ4n) is 3.99. The van der Waals surface area contributed by atoms with Gasteiger partial charge in [0.1, 0.15) is 29.6 Å². The van der Waals surface area contributed by atoms with E-state index in [9.17, 15) is 18.0 Å². The molecule has 3 aromatic rings. The second kappa shape index (κ2) is 11.4. The molecule has 1 aliphatic rings. The number of esters is 1. The summed E-state index contributed by atoms with van der Waals surface area (Å²) in [5.74, 6) is -2.41. The van der Waals surface area contributed by atoms with Crippen LogP contribution in [0.1, 0.15) is 35.3 Å². The van der Waals surface area contributed by atoms with Crippen molar-refractivity contribution in [2.45, 2.75) is 33.1 Å². The molecule has 2 aromatic carbocycles. The second-order valence-corrected chi connectivity index (χ2v) is 8.88. The Hall–Kier alpha value is -3.59. The van der Waals surface area contributed by atoms with Gasteiger partial charge in [0, 0.05) is 50.6 Å². The second-order valence-electron chi connectivity index (χ2n) is 8.88. The molecule has 4 rings (SSSR count). The van der Waals surface area contributed by atoms with Gasteiger partial charge in [-0.25, -0.2) is 22.9 Å². The maximum absolute atomic E-state index is 13.8. The normalized spacial score (nSPS) is 14.2. The van der Waals surface area contributed by atoms with Crippen LogP contribution in [0.3, 0.4) is 0 Å². The van der Waals surface area contributed by atoms with Gasteiger partial charge in [0.25, 0.3) is 0 Å². The molecule has 0 N–H and O–H groups in total. The lowest BCUT2D eigenvalue weighted by Crippen LogP contribution is -2.46. The Labute approximate surface area is 208 Å². The summed E-state index contributed by atoms with van der Waals surface area (Å²) >= 11 is 0. The Kier molecular flexibility index (Phi) is 8.10. The van der Waals surface area contributed by atoms with Crippen molar-refractivity contribution < 1.29 is 27.4 Å². The fraction of sp³-hybridized carbons (Fsp3) is 0.333. The summed E-state index contributed by atoms with van der Waals surface area (Å²) in [4.78, 5) is 21.3. The minimum absolute atomic E-state index is 0.0515. The van der Waals surface area contributed by atoms with Crippen LogP contribution in [0, 0.1) is 17.5 Å². The van der Waals surface area contributed by atoms with Crippen LogP contribution < -0.4 is 9.64 Å². The number of halogens is 3. The molecule has 1 saturated heterocycles. The van der Waals surface area contributed by atoms with Crippen molar-refractivity contribution in [3.05, 3.63) is 88.9 Å². The number of nitrogens with zero attached hydrogens (tertiary/aromatic N) is 3. The average molecular weight is 500 g/mol. The fourth-order valence-corrected chi connectivity index (χ4v) is 3.99. The summed E-state index contributed by atoms with van der Waals surface area (Å²) in [6, 6.07) is 12.2. The first kappa shape index (κ1) is 25.5. The Morgan fingerprint density at radius 3 is 2.36 bits per heavy atom. The van der Waals surface area contributed by atoms with E-state index in [-0.39, 0.29) is 24.2 Å². The molecule has 6 nitrogen and oxygen atoms in total. The number of ether oxygens (including phenoxy) is 2. The monoisotopic (exact) mass is 499 g/mol. The van der Waals surface area contributed by atoms with Crippen LogP contribution in [0.2, 0.25) is 0 Å². The van der Waals surface area contributed by atoms with Gasteiger partial charge in [-0.15, -0.1) is 0 Å². The molecule has 0 spiro atoms. The highest BCUT2D eigenvalue weighted by Crippen LogP contribution is 2.22. The molecule has 0 unspecified atom stereocenters. The summed E-state index contributed by atoms with van der Waals surface area (Å²) < 4.78 is 51.1. The Balaban J connectivity index is 1.30. The molecule has 1 aliphatic heterocycles. The van der Waals surface area contributed by atoms with Crippen LogP contribution in [-0.2, 0) is 17.9 Å². The van der Waals surface area contributed by atoms with E-state index < -0.39 is 17.5 Å². The number of rotatable bonds is 8. The van der Waals surface area contributed by atoms with Gasteiger partial charge in [-0.2, -0.15) is 0 Å². The van der Waals surface area contributed by atoms with Crippen molar-refractivity contribution in [1.82, 2.24) is 9.88 Å². The molecule has 0 saturated carbocycles. The number of benzene rings is 2. The topological polar surface area (TPSA) is 54.9 Å². The van der Waals surface area contributed by atoms with Crippen LogP contribution >= 0.6 is 0 Å². The van der Waals surface area contributed by atoms with E-state index in [1.54, 1.807) is 30.5 Å². The summed E-state index contributed by atoms with van der Waals surface area (Å²) in [5, 5.41) is 0. The molecule has 0 aliphatic carbocycles. The average Bonchev–Trinajstić information content (AvgIpc) is 2.86. The summed E-state index contributed by atoms with van der Waals surface area (Å²) in [5.41, 5.74) is 1.50. The molecule has 0 bridgehead atoms. The number of anilines is 1. The van der Waals surface area contributed by atoms with Gasteiger partial charge in [-0.3, -0.25) is 4.90 Å². The van der Waals surface area contributed by atoms with E-state index in [4.69, 9.17) is 9.47 Å². The van der Waals surface area contributed by atoms with Gasteiger partial charge in [0.15, 0.2) is 11.6 Å². The van der Waals surface area contributed by atoms with Crippen molar-refractivity contribution in [2.75, 3.05) is 31.1 Å². The zero-order valence-electron chi connectivity index (χ0n) is 20.2. The first-order valence-electron chi connectivity index (χ1n) is 11.8. The lowest BCUT2D eigenvalue weighted by atomic mass is 10.1. The van der Waals surface area contributed by atoms with E-state index in [0.29, 0.717) is 23.2 Å².